The number of non-ortho nitro benzene ring substituents is 1. The molecule has 0 spiro atoms. The lowest BCUT2D eigenvalue weighted by Crippen LogP contribution is -2.19. The summed E-state index contributed by atoms with van der Waals surface area (Å²) in [4.78, 5) is 20.9. The monoisotopic (exact) mass is 313 g/mol. The van der Waals surface area contributed by atoms with E-state index in [1.54, 1.807) is 0 Å². The smallest absolute Gasteiger partial charge is 0.429 e. The molecule has 0 aliphatic rings. The van der Waals surface area contributed by atoms with E-state index in [-0.39, 0.29) is 11.4 Å². The van der Waals surface area contributed by atoms with Gasteiger partial charge < -0.3 is 9.47 Å². The second kappa shape index (κ2) is 6.08. The lowest BCUT2D eigenvalue weighted by molar-refractivity contribution is -0.384. The minimum atomic E-state index is -1.73. The van der Waals surface area contributed by atoms with Crippen molar-refractivity contribution in [3.63, 3.8) is 0 Å². The van der Waals surface area contributed by atoms with Crippen molar-refractivity contribution in [1.82, 2.24) is 0 Å². The fraction of sp³-hybridized carbons (Fsp3) is 0.222. The Kier molecular flexibility index (Phi) is 5.01. The number of alkyl halides is 3. The first-order valence-corrected chi connectivity index (χ1v) is 5.57. The highest BCUT2D eigenvalue weighted by Crippen LogP contribution is 2.26. The first-order chi connectivity index (χ1) is 8.28. The molecule has 0 saturated carbocycles. The molecule has 0 fully saturated rings. The van der Waals surface area contributed by atoms with Crippen molar-refractivity contribution in [2.45, 2.75) is 3.79 Å². The summed E-state index contributed by atoms with van der Waals surface area (Å²) in [6.45, 7) is -0.469. The summed E-state index contributed by atoms with van der Waals surface area (Å²) in [7, 11) is 0. The molecule has 1 rings (SSSR count). The van der Waals surface area contributed by atoms with E-state index in [1.165, 1.54) is 24.3 Å². The number of hydrogen-bond acceptors (Lipinski definition) is 5. The SMILES string of the molecule is O=C(OCC(Cl)(Cl)Cl)Oc1ccc([N+](=O)[O-])cc1. The van der Waals surface area contributed by atoms with Gasteiger partial charge in [0.15, 0.2) is 0 Å². The van der Waals surface area contributed by atoms with E-state index in [2.05, 4.69) is 9.47 Å². The number of ether oxygens (including phenoxy) is 2. The maximum Gasteiger partial charge on any atom is 0.513 e. The van der Waals surface area contributed by atoms with Crippen LogP contribution >= 0.6 is 34.8 Å². The summed E-state index contributed by atoms with van der Waals surface area (Å²) in [6, 6.07) is 4.85. The quantitative estimate of drug-likeness (QED) is 0.280. The number of benzene rings is 1. The van der Waals surface area contributed by atoms with Crippen molar-refractivity contribution in [2.24, 2.45) is 0 Å². The minimum Gasteiger partial charge on any atom is -0.429 e. The number of nitro groups is 1. The van der Waals surface area contributed by atoms with Crippen molar-refractivity contribution >= 4 is 46.6 Å². The summed E-state index contributed by atoms with van der Waals surface area (Å²) in [6.07, 6.45) is -1.07. The number of hydrogen-bond donors (Lipinski definition) is 0. The normalized spacial score (nSPS) is 10.8. The number of carbonyl (C=O) groups excluding carboxylic acids is 1. The highest BCUT2D eigenvalue weighted by atomic mass is 35.6. The molecular weight excluding hydrogens is 308 g/mol. The van der Waals surface area contributed by atoms with Crippen LogP contribution in [0.4, 0.5) is 10.5 Å². The molecule has 0 aromatic heterocycles. The molecule has 0 unspecified atom stereocenters. The zero-order valence-electron chi connectivity index (χ0n) is 8.64. The molecule has 18 heavy (non-hydrogen) atoms. The fourth-order valence-electron chi connectivity index (χ4n) is 0.902. The van der Waals surface area contributed by atoms with E-state index in [0.717, 1.165) is 0 Å². The fourth-order valence-corrected chi connectivity index (χ4v) is 1.07. The molecular formula is C9H6Cl3NO5. The predicted octanol–water partition coefficient (Wildman–Crippen LogP) is 3.48. The molecule has 0 heterocycles. The zero-order chi connectivity index (χ0) is 13.8. The molecule has 6 nitrogen and oxygen atoms in total. The summed E-state index contributed by atoms with van der Waals surface area (Å²) in [5, 5.41) is 10.4. The molecule has 9 heteroatoms. The van der Waals surface area contributed by atoms with Crippen LogP contribution < -0.4 is 4.74 Å². The van der Waals surface area contributed by atoms with Gasteiger partial charge in [-0.2, -0.15) is 0 Å². The topological polar surface area (TPSA) is 78.7 Å². The Morgan fingerprint density at radius 3 is 2.28 bits per heavy atom. The number of nitrogens with zero attached hydrogens (tertiary/aromatic N) is 1. The van der Waals surface area contributed by atoms with Crippen molar-refractivity contribution in [2.75, 3.05) is 6.61 Å². The van der Waals surface area contributed by atoms with Gasteiger partial charge in [-0.3, -0.25) is 10.1 Å². The van der Waals surface area contributed by atoms with E-state index < -0.39 is 21.5 Å². The van der Waals surface area contributed by atoms with Crippen LogP contribution in [-0.4, -0.2) is 21.5 Å². The van der Waals surface area contributed by atoms with E-state index in [4.69, 9.17) is 34.8 Å². The third kappa shape index (κ3) is 5.39. The molecule has 0 amide bonds. The van der Waals surface area contributed by atoms with Gasteiger partial charge in [-0.1, -0.05) is 34.8 Å². The second-order valence-corrected chi connectivity index (χ2v) is 5.52. The average Bonchev–Trinajstić information content (AvgIpc) is 2.26. The molecule has 98 valence electrons. The molecule has 0 bridgehead atoms. The minimum absolute atomic E-state index is 0.0786. The van der Waals surface area contributed by atoms with E-state index in [1.807, 2.05) is 0 Å². The van der Waals surface area contributed by atoms with Crippen LogP contribution in [0.2, 0.25) is 0 Å². The van der Waals surface area contributed by atoms with Gasteiger partial charge in [0.2, 0.25) is 3.79 Å². The summed E-state index contributed by atoms with van der Waals surface area (Å²) in [5.74, 6) is 0.0786. The maximum atomic E-state index is 11.1. The van der Waals surface area contributed by atoms with E-state index >= 15 is 0 Å². The Morgan fingerprint density at radius 1 is 1.28 bits per heavy atom. The van der Waals surface area contributed by atoms with Gasteiger partial charge >= 0.3 is 6.16 Å². The first kappa shape index (κ1) is 14.8. The summed E-state index contributed by atoms with van der Waals surface area (Å²) < 4.78 is 7.45. The first-order valence-electron chi connectivity index (χ1n) is 4.44. The lowest BCUT2D eigenvalue weighted by Gasteiger charge is -2.10. The third-order valence-electron chi connectivity index (χ3n) is 1.60. The molecule has 0 aliphatic carbocycles. The Labute approximate surface area is 116 Å². The van der Waals surface area contributed by atoms with Gasteiger partial charge in [-0.15, -0.1) is 0 Å². The average molecular weight is 315 g/mol. The Bertz CT molecular complexity index is 443. The van der Waals surface area contributed by atoms with Gasteiger partial charge in [0.05, 0.1) is 4.92 Å². The summed E-state index contributed by atoms with van der Waals surface area (Å²) >= 11 is 16.1. The van der Waals surface area contributed by atoms with Crippen molar-refractivity contribution in [3.05, 3.63) is 34.4 Å². The van der Waals surface area contributed by atoms with E-state index in [9.17, 15) is 14.9 Å². The van der Waals surface area contributed by atoms with Gasteiger partial charge in [0.25, 0.3) is 5.69 Å². The highest BCUT2D eigenvalue weighted by Gasteiger charge is 2.23. The molecule has 1 aromatic rings. The zero-order valence-corrected chi connectivity index (χ0v) is 10.9. The van der Waals surface area contributed by atoms with Crippen LogP contribution in [0.1, 0.15) is 0 Å². The largest absolute Gasteiger partial charge is 0.513 e. The van der Waals surface area contributed by atoms with Gasteiger partial charge in [-0.05, 0) is 12.1 Å². The maximum absolute atomic E-state index is 11.1. The van der Waals surface area contributed by atoms with Crippen LogP contribution in [0, 0.1) is 10.1 Å². The number of carbonyl (C=O) groups is 1. The Balaban J connectivity index is 2.52. The van der Waals surface area contributed by atoms with Gasteiger partial charge in [0, 0.05) is 12.1 Å². The van der Waals surface area contributed by atoms with Gasteiger partial charge in [0.1, 0.15) is 12.4 Å². The van der Waals surface area contributed by atoms with Gasteiger partial charge in [-0.25, -0.2) is 4.79 Å². The van der Waals surface area contributed by atoms with Crippen LogP contribution in [-0.2, 0) is 4.74 Å². The van der Waals surface area contributed by atoms with E-state index in [0.29, 0.717) is 0 Å². The highest BCUT2D eigenvalue weighted by molar-refractivity contribution is 6.67. The predicted molar refractivity (Wildman–Crippen MR) is 65.4 cm³/mol. The third-order valence-corrected chi connectivity index (χ3v) is 1.93. The standard InChI is InChI=1S/C9H6Cl3NO5/c10-9(11,12)5-17-8(14)18-7-3-1-6(2-4-7)13(15)16/h1-4H,5H2. The molecule has 0 saturated heterocycles. The Hall–Kier alpha value is -1.24. The molecule has 0 aliphatic heterocycles. The molecule has 1 aromatic carbocycles. The lowest BCUT2D eigenvalue weighted by atomic mass is 10.3. The number of rotatable bonds is 3. The molecule has 0 N–H and O–H groups in total. The van der Waals surface area contributed by atoms with Crippen molar-refractivity contribution < 1.29 is 19.2 Å². The van der Waals surface area contributed by atoms with Crippen LogP contribution in [0.25, 0.3) is 0 Å². The van der Waals surface area contributed by atoms with Crippen molar-refractivity contribution in [3.8, 4) is 5.75 Å². The summed E-state index contributed by atoms with van der Waals surface area (Å²) in [5.41, 5.74) is -0.128. The van der Waals surface area contributed by atoms with Crippen LogP contribution in [0.15, 0.2) is 24.3 Å². The Morgan fingerprint density at radius 2 is 1.83 bits per heavy atom. The van der Waals surface area contributed by atoms with Crippen molar-refractivity contribution in [1.29, 1.82) is 0 Å². The molecule has 0 atom stereocenters. The number of nitro benzene ring substituents is 1. The second-order valence-electron chi connectivity index (χ2n) is 3.01. The van der Waals surface area contributed by atoms with Crippen LogP contribution in [0.3, 0.4) is 0 Å². The number of halogens is 3. The van der Waals surface area contributed by atoms with Crippen LogP contribution in [0.5, 0.6) is 5.75 Å². The molecule has 0 radical (unpaired) electrons.